The number of fused-ring (bicyclic) bond motifs is 1. The third kappa shape index (κ3) is 3.14. The first-order valence-corrected chi connectivity index (χ1v) is 8.76. The minimum Gasteiger partial charge on any atom is -0.339 e. The summed E-state index contributed by atoms with van der Waals surface area (Å²) in [5.74, 6) is -0.655. The van der Waals surface area contributed by atoms with Crippen LogP contribution in [0.3, 0.4) is 0 Å². The Kier molecular flexibility index (Phi) is 3.99. The van der Waals surface area contributed by atoms with Gasteiger partial charge in [0.1, 0.15) is 0 Å². The van der Waals surface area contributed by atoms with Crippen LogP contribution in [0, 0.1) is 12.8 Å². The van der Waals surface area contributed by atoms with Gasteiger partial charge in [-0.2, -0.15) is 0 Å². The molecule has 1 saturated carbocycles. The van der Waals surface area contributed by atoms with Gasteiger partial charge in [-0.05, 0) is 61.4 Å². The van der Waals surface area contributed by atoms with Gasteiger partial charge in [-0.3, -0.25) is 14.6 Å². The molecule has 1 aromatic carbocycles. The minimum absolute atomic E-state index is 0.186. The van der Waals surface area contributed by atoms with Gasteiger partial charge in [0.15, 0.2) is 0 Å². The third-order valence-electron chi connectivity index (χ3n) is 4.96. The number of anilines is 1. The number of hydrogen-bond acceptors (Lipinski definition) is 3. The summed E-state index contributed by atoms with van der Waals surface area (Å²) in [7, 11) is 0. The lowest BCUT2D eigenvalue weighted by atomic mass is 10.1. The Labute approximate surface area is 147 Å². The molecule has 5 heteroatoms. The van der Waals surface area contributed by atoms with E-state index < -0.39 is 11.8 Å². The van der Waals surface area contributed by atoms with E-state index in [0.717, 1.165) is 41.8 Å². The second kappa shape index (κ2) is 6.31. The molecule has 0 spiro atoms. The van der Waals surface area contributed by atoms with Gasteiger partial charge in [-0.1, -0.05) is 18.2 Å². The molecule has 0 saturated heterocycles. The van der Waals surface area contributed by atoms with E-state index in [4.69, 9.17) is 0 Å². The fourth-order valence-electron chi connectivity index (χ4n) is 3.47. The van der Waals surface area contributed by atoms with Gasteiger partial charge in [0.25, 0.3) is 0 Å². The molecule has 5 nitrogen and oxygen atoms in total. The lowest BCUT2D eigenvalue weighted by Gasteiger charge is -2.21. The number of carbonyl (C=O) groups is 2. The summed E-state index contributed by atoms with van der Waals surface area (Å²) >= 11 is 0. The molecule has 2 aliphatic rings. The number of aryl methyl sites for hydroxylation is 1. The van der Waals surface area contributed by atoms with Gasteiger partial charge >= 0.3 is 11.8 Å². The number of hydrogen-bond donors (Lipinski definition) is 1. The summed E-state index contributed by atoms with van der Waals surface area (Å²) in [4.78, 5) is 31.3. The summed E-state index contributed by atoms with van der Waals surface area (Å²) in [5, 5.41) is 2.94. The van der Waals surface area contributed by atoms with Crippen LogP contribution in [0.2, 0.25) is 0 Å². The maximum absolute atomic E-state index is 12.7. The molecule has 2 amide bonds. The van der Waals surface area contributed by atoms with Crippen LogP contribution in [0.5, 0.6) is 0 Å². The zero-order chi connectivity index (χ0) is 17.4. The molecule has 1 aliphatic carbocycles. The fraction of sp³-hybridized carbons (Fsp3) is 0.350. The average Bonchev–Trinajstić information content (AvgIpc) is 3.37. The molecule has 1 atom stereocenters. The highest BCUT2D eigenvalue weighted by Crippen LogP contribution is 2.40. The van der Waals surface area contributed by atoms with Crippen LogP contribution in [-0.4, -0.2) is 23.3 Å². The molecule has 1 aliphatic heterocycles. The first kappa shape index (κ1) is 15.8. The Bertz CT molecular complexity index is 829. The van der Waals surface area contributed by atoms with Crippen molar-refractivity contribution in [2.45, 2.75) is 32.2 Å². The van der Waals surface area contributed by atoms with Gasteiger partial charge in [0, 0.05) is 18.4 Å². The summed E-state index contributed by atoms with van der Waals surface area (Å²) in [5.41, 5.74) is 3.90. The summed E-state index contributed by atoms with van der Waals surface area (Å²) in [6.45, 7) is 2.56. The molecule has 25 heavy (non-hydrogen) atoms. The SMILES string of the molecule is Cc1ccnc([C@@H](NC(=O)C(=O)N2CCc3ccccc32)C2CC2)c1. The molecule has 128 valence electrons. The number of nitrogens with zero attached hydrogens (tertiary/aromatic N) is 2. The van der Waals surface area contributed by atoms with Crippen LogP contribution in [0.1, 0.15) is 35.7 Å². The van der Waals surface area contributed by atoms with Crippen LogP contribution < -0.4 is 10.2 Å². The lowest BCUT2D eigenvalue weighted by molar-refractivity contribution is -0.138. The summed E-state index contributed by atoms with van der Waals surface area (Å²) in [6.07, 6.45) is 4.66. The lowest BCUT2D eigenvalue weighted by Crippen LogP contribution is -2.44. The number of amides is 2. The van der Waals surface area contributed by atoms with E-state index in [1.807, 2.05) is 43.3 Å². The molecule has 4 rings (SSSR count). The smallest absolute Gasteiger partial charge is 0.316 e. The fourth-order valence-corrected chi connectivity index (χ4v) is 3.47. The highest BCUT2D eigenvalue weighted by molar-refractivity contribution is 6.40. The van der Waals surface area contributed by atoms with E-state index in [9.17, 15) is 9.59 Å². The Morgan fingerprint density at radius 2 is 2.04 bits per heavy atom. The number of benzene rings is 1. The van der Waals surface area contributed by atoms with Crippen LogP contribution in [0.4, 0.5) is 5.69 Å². The van der Waals surface area contributed by atoms with Gasteiger partial charge in [-0.15, -0.1) is 0 Å². The van der Waals surface area contributed by atoms with Gasteiger partial charge in [0.2, 0.25) is 0 Å². The van der Waals surface area contributed by atoms with Crippen molar-refractivity contribution in [3.8, 4) is 0 Å². The van der Waals surface area contributed by atoms with E-state index in [0.29, 0.717) is 12.5 Å². The number of rotatable bonds is 3. The Morgan fingerprint density at radius 3 is 2.80 bits per heavy atom. The van der Waals surface area contributed by atoms with Gasteiger partial charge in [-0.25, -0.2) is 0 Å². The van der Waals surface area contributed by atoms with Crippen molar-refractivity contribution in [3.05, 3.63) is 59.4 Å². The van der Waals surface area contributed by atoms with Crippen molar-refractivity contribution < 1.29 is 9.59 Å². The molecule has 1 aromatic heterocycles. The normalized spacial score (nSPS) is 17.1. The number of para-hydroxylation sites is 1. The van der Waals surface area contributed by atoms with E-state index in [-0.39, 0.29) is 6.04 Å². The second-order valence-corrected chi connectivity index (χ2v) is 6.88. The predicted molar refractivity (Wildman–Crippen MR) is 95.1 cm³/mol. The molecular weight excluding hydrogens is 314 g/mol. The average molecular weight is 335 g/mol. The first-order chi connectivity index (χ1) is 12.1. The Morgan fingerprint density at radius 1 is 1.24 bits per heavy atom. The molecule has 0 radical (unpaired) electrons. The summed E-state index contributed by atoms with van der Waals surface area (Å²) < 4.78 is 0. The number of carbonyl (C=O) groups excluding carboxylic acids is 2. The quantitative estimate of drug-likeness (QED) is 0.877. The zero-order valence-electron chi connectivity index (χ0n) is 14.2. The molecule has 1 fully saturated rings. The number of nitrogens with one attached hydrogen (secondary N) is 1. The van der Waals surface area contributed by atoms with Gasteiger partial charge < -0.3 is 10.2 Å². The highest BCUT2D eigenvalue weighted by atomic mass is 16.2. The Hall–Kier alpha value is -2.69. The molecule has 0 bridgehead atoms. The zero-order valence-corrected chi connectivity index (χ0v) is 14.2. The monoisotopic (exact) mass is 335 g/mol. The highest BCUT2D eigenvalue weighted by Gasteiger charge is 2.37. The van der Waals surface area contributed by atoms with E-state index in [1.165, 1.54) is 0 Å². The molecule has 2 aromatic rings. The second-order valence-electron chi connectivity index (χ2n) is 6.88. The predicted octanol–water partition coefficient (Wildman–Crippen LogP) is 2.55. The van der Waals surface area contributed by atoms with Crippen LogP contribution in [-0.2, 0) is 16.0 Å². The van der Waals surface area contributed by atoms with Crippen LogP contribution >= 0.6 is 0 Å². The first-order valence-electron chi connectivity index (χ1n) is 8.76. The topological polar surface area (TPSA) is 62.3 Å². The van der Waals surface area contributed by atoms with E-state index in [2.05, 4.69) is 10.3 Å². The maximum atomic E-state index is 12.7. The van der Waals surface area contributed by atoms with Crippen molar-refractivity contribution in [2.24, 2.45) is 5.92 Å². The maximum Gasteiger partial charge on any atom is 0.316 e. The van der Waals surface area contributed by atoms with E-state index in [1.54, 1.807) is 11.1 Å². The van der Waals surface area contributed by atoms with Crippen molar-refractivity contribution in [1.29, 1.82) is 0 Å². The largest absolute Gasteiger partial charge is 0.339 e. The van der Waals surface area contributed by atoms with Crippen molar-refractivity contribution >= 4 is 17.5 Å². The Balaban J connectivity index is 1.51. The number of pyridine rings is 1. The molecule has 1 N–H and O–H groups in total. The van der Waals surface area contributed by atoms with Gasteiger partial charge in [0.05, 0.1) is 11.7 Å². The van der Waals surface area contributed by atoms with E-state index >= 15 is 0 Å². The van der Waals surface area contributed by atoms with Crippen LogP contribution in [0.25, 0.3) is 0 Å². The van der Waals surface area contributed by atoms with Crippen molar-refractivity contribution in [3.63, 3.8) is 0 Å². The van der Waals surface area contributed by atoms with Crippen LogP contribution in [0.15, 0.2) is 42.6 Å². The standard InChI is InChI=1S/C20H21N3O2/c1-13-8-10-21-16(12-13)18(15-6-7-15)22-19(24)20(25)23-11-9-14-4-2-3-5-17(14)23/h2-5,8,10,12,15,18H,6-7,9,11H2,1H3,(H,22,24)/t18-/m0/s1. The molecular formula is C20H21N3O2. The third-order valence-corrected chi connectivity index (χ3v) is 4.96. The number of aromatic nitrogens is 1. The van der Waals surface area contributed by atoms with Crippen molar-refractivity contribution in [1.82, 2.24) is 10.3 Å². The molecule has 2 heterocycles. The molecule has 0 unspecified atom stereocenters. The van der Waals surface area contributed by atoms with Crippen molar-refractivity contribution in [2.75, 3.05) is 11.4 Å². The minimum atomic E-state index is -0.545. The summed E-state index contributed by atoms with van der Waals surface area (Å²) in [6, 6.07) is 11.5.